The minimum atomic E-state index is -3.79. The third kappa shape index (κ3) is 4.44. The van der Waals surface area contributed by atoms with Crippen LogP contribution >= 0.6 is 11.6 Å². The van der Waals surface area contributed by atoms with Crippen LogP contribution in [0.4, 0.5) is 0 Å². The van der Waals surface area contributed by atoms with E-state index in [9.17, 15) is 13.2 Å². The highest BCUT2D eigenvalue weighted by molar-refractivity contribution is 7.87. The lowest BCUT2D eigenvalue weighted by molar-refractivity contribution is -0.123. The summed E-state index contributed by atoms with van der Waals surface area (Å²) in [6.07, 6.45) is 0. The number of benzene rings is 1. The third-order valence-electron chi connectivity index (χ3n) is 4.20. The lowest BCUT2D eigenvalue weighted by Gasteiger charge is -2.28. The number of amides is 1. The Morgan fingerprint density at radius 1 is 1.26 bits per heavy atom. The Balaban J connectivity index is 2.06. The minimum absolute atomic E-state index is 0.193. The van der Waals surface area contributed by atoms with E-state index in [1.807, 2.05) is 25.1 Å². The normalized spacial score (nSPS) is 19.1. The molecule has 1 amide bonds. The number of nitrogens with zero attached hydrogens (tertiary/aromatic N) is 1. The van der Waals surface area contributed by atoms with E-state index in [2.05, 4.69) is 10.0 Å². The van der Waals surface area contributed by atoms with Crippen molar-refractivity contribution >= 4 is 27.7 Å². The van der Waals surface area contributed by atoms with Gasteiger partial charge < -0.3 is 5.32 Å². The molecule has 1 heterocycles. The van der Waals surface area contributed by atoms with Gasteiger partial charge in [-0.3, -0.25) is 4.79 Å². The maximum absolute atomic E-state index is 12.4. The van der Waals surface area contributed by atoms with Crippen molar-refractivity contribution in [1.29, 1.82) is 0 Å². The van der Waals surface area contributed by atoms with Crippen molar-refractivity contribution in [2.45, 2.75) is 19.8 Å². The van der Waals surface area contributed by atoms with Gasteiger partial charge in [0.25, 0.3) is 0 Å². The van der Waals surface area contributed by atoms with E-state index in [1.165, 1.54) is 4.31 Å². The Kier molecular flexibility index (Phi) is 6.02. The number of hydrogen-bond donors (Lipinski definition) is 2. The molecule has 2 N–H and O–H groups in total. The van der Waals surface area contributed by atoms with Gasteiger partial charge in [0.1, 0.15) is 0 Å². The van der Waals surface area contributed by atoms with Gasteiger partial charge >= 0.3 is 10.2 Å². The van der Waals surface area contributed by atoms with Gasteiger partial charge in [-0.1, -0.05) is 43.6 Å². The van der Waals surface area contributed by atoms with Crippen molar-refractivity contribution < 1.29 is 13.2 Å². The summed E-state index contributed by atoms with van der Waals surface area (Å²) < 4.78 is 28.0. The van der Waals surface area contributed by atoms with Crippen LogP contribution in [0.25, 0.3) is 0 Å². The van der Waals surface area contributed by atoms with Crippen LogP contribution in [0, 0.1) is 5.92 Å². The van der Waals surface area contributed by atoms with Gasteiger partial charge in [0.05, 0.1) is 0 Å². The number of halogens is 1. The standard InChI is InChI=1S/C15H22ClN3O3S/c1-11(13-5-3-4-6-14(13)16)12(2)15(20)18-23(21,22)19-9-7-17-8-10-19/h3-6,11-12,17H,7-10H2,1-2H3,(H,18,20). The van der Waals surface area contributed by atoms with Crippen molar-refractivity contribution in [2.24, 2.45) is 5.92 Å². The molecular weight excluding hydrogens is 338 g/mol. The first-order valence-corrected chi connectivity index (χ1v) is 9.41. The zero-order valence-electron chi connectivity index (χ0n) is 13.3. The lowest BCUT2D eigenvalue weighted by Crippen LogP contribution is -2.52. The Labute approximate surface area is 142 Å². The number of piperazine rings is 1. The zero-order valence-corrected chi connectivity index (χ0v) is 14.8. The van der Waals surface area contributed by atoms with E-state index in [-0.39, 0.29) is 5.92 Å². The van der Waals surface area contributed by atoms with Crippen LogP contribution in [0.5, 0.6) is 0 Å². The van der Waals surface area contributed by atoms with E-state index in [4.69, 9.17) is 11.6 Å². The molecule has 1 aromatic carbocycles. The molecule has 0 aromatic heterocycles. The fourth-order valence-electron chi connectivity index (χ4n) is 2.51. The summed E-state index contributed by atoms with van der Waals surface area (Å²) in [5, 5.41) is 3.65. The van der Waals surface area contributed by atoms with Crippen molar-refractivity contribution in [3.05, 3.63) is 34.9 Å². The molecule has 1 aliphatic rings. The molecule has 2 atom stereocenters. The van der Waals surface area contributed by atoms with Crippen LogP contribution in [-0.4, -0.2) is 44.8 Å². The van der Waals surface area contributed by atoms with Gasteiger partial charge in [-0.05, 0) is 17.5 Å². The maximum atomic E-state index is 12.4. The monoisotopic (exact) mass is 359 g/mol. The SMILES string of the molecule is CC(C(=O)NS(=O)(=O)N1CCNCC1)C(C)c1ccccc1Cl. The Morgan fingerprint density at radius 2 is 1.87 bits per heavy atom. The largest absolute Gasteiger partial charge is 0.314 e. The Hall–Kier alpha value is -1.15. The molecular formula is C15H22ClN3O3S. The maximum Gasteiger partial charge on any atom is 0.303 e. The van der Waals surface area contributed by atoms with Gasteiger partial charge in [0, 0.05) is 37.1 Å². The van der Waals surface area contributed by atoms with Gasteiger partial charge in [-0.25, -0.2) is 4.72 Å². The third-order valence-corrected chi connectivity index (χ3v) is 6.05. The zero-order chi connectivity index (χ0) is 17.0. The summed E-state index contributed by atoms with van der Waals surface area (Å²) in [5.41, 5.74) is 0.830. The topological polar surface area (TPSA) is 78.5 Å². The molecule has 1 saturated heterocycles. The molecule has 1 aromatic rings. The first-order valence-electron chi connectivity index (χ1n) is 7.60. The average molecular weight is 360 g/mol. The van der Waals surface area contributed by atoms with Crippen LogP contribution in [0.15, 0.2) is 24.3 Å². The smallest absolute Gasteiger partial charge is 0.303 e. The van der Waals surface area contributed by atoms with E-state index < -0.39 is 22.0 Å². The van der Waals surface area contributed by atoms with Gasteiger partial charge in [0.15, 0.2) is 0 Å². The predicted octanol–water partition coefficient (Wildman–Crippen LogP) is 1.35. The summed E-state index contributed by atoms with van der Waals surface area (Å²) >= 11 is 6.16. The molecule has 0 radical (unpaired) electrons. The Morgan fingerprint density at radius 3 is 2.48 bits per heavy atom. The van der Waals surface area contributed by atoms with Crippen LogP contribution in [0.1, 0.15) is 25.3 Å². The lowest BCUT2D eigenvalue weighted by atomic mass is 9.88. The second kappa shape index (κ2) is 7.61. The number of nitrogens with one attached hydrogen (secondary N) is 2. The van der Waals surface area contributed by atoms with Crippen molar-refractivity contribution in [3.63, 3.8) is 0 Å². The van der Waals surface area contributed by atoms with E-state index >= 15 is 0 Å². The predicted molar refractivity (Wildman–Crippen MR) is 90.5 cm³/mol. The van der Waals surface area contributed by atoms with E-state index in [0.717, 1.165) is 5.56 Å². The molecule has 2 rings (SSSR count). The van der Waals surface area contributed by atoms with Crippen LogP contribution in [0.2, 0.25) is 5.02 Å². The summed E-state index contributed by atoms with van der Waals surface area (Å²) in [5.74, 6) is -1.23. The van der Waals surface area contributed by atoms with Gasteiger partial charge in [0.2, 0.25) is 5.91 Å². The second-order valence-corrected chi connectivity index (χ2v) is 7.80. The molecule has 1 aliphatic heterocycles. The van der Waals surface area contributed by atoms with Crippen LogP contribution < -0.4 is 10.0 Å². The average Bonchev–Trinajstić information content (AvgIpc) is 2.54. The first kappa shape index (κ1) is 18.2. The van der Waals surface area contributed by atoms with Gasteiger partial charge in [-0.15, -0.1) is 0 Å². The fourth-order valence-corrected chi connectivity index (χ4v) is 4.05. The second-order valence-electron chi connectivity index (χ2n) is 5.72. The molecule has 8 heteroatoms. The summed E-state index contributed by atoms with van der Waals surface area (Å²) in [4.78, 5) is 12.4. The van der Waals surface area contributed by atoms with Crippen molar-refractivity contribution in [1.82, 2.24) is 14.3 Å². The van der Waals surface area contributed by atoms with Crippen LogP contribution in [-0.2, 0) is 15.0 Å². The first-order chi connectivity index (χ1) is 10.8. The Bertz CT molecular complexity index is 660. The number of carbonyl (C=O) groups is 1. The molecule has 0 bridgehead atoms. The number of hydrogen-bond acceptors (Lipinski definition) is 4. The minimum Gasteiger partial charge on any atom is -0.314 e. The van der Waals surface area contributed by atoms with Crippen LogP contribution in [0.3, 0.4) is 0 Å². The number of rotatable bonds is 5. The molecule has 23 heavy (non-hydrogen) atoms. The number of carbonyl (C=O) groups excluding carboxylic acids is 1. The molecule has 6 nitrogen and oxygen atoms in total. The van der Waals surface area contributed by atoms with Crippen molar-refractivity contribution in [3.8, 4) is 0 Å². The van der Waals surface area contributed by atoms with E-state index in [0.29, 0.717) is 31.2 Å². The highest BCUT2D eigenvalue weighted by Crippen LogP contribution is 2.30. The highest BCUT2D eigenvalue weighted by atomic mass is 35.5. The summed E-state index contributed by atoms with van der Waals surface area (Å²) in [6.45, 7) is 5.45. The molecule has 0 saturated carbocycles. The summed E-state index contributed by atoms with van der Waals surface area (Å²) in [6, 6.07) is 7.27. The summed E-state index contributed by atoms with van der Waals surface area (Å²) in [7, 11) is -3.79. The molecule has 2 unspecified atom stereocenters. The van der Waals surface area contributed by atoms with E-state index in [1.54, 1.807) is 13.0 Å². The fraction of sp³-hybridized carbons (Fsp3) is 0.533. The molecule has 128 valence electrons. The quantitative estimate of drug-likeness (QED) is 0.831. The molecule has 0 spiro atoms. The molecule has 1 fully saturated rings. The van der Waals surface area contributed by atoms with Crippen molar-refractivity contribution in [2.75, 3.05) is 26.2 Å². The van der Waals surface area contributed by atoms with Gasteiger partial charge in [-0.2, -0.15) is 12.7 Å². The highest BCUT2D eigenvalue weighted by Gasteiger charge is 2.30. The molecule has 0 aliphatic carbocycles.